The van der Waals surface area contributed by atoms with E-state index >= 15 is 0 Å². The predicted molar refractivity (Wildman–Crippen MR) is 102 cm³/mol. The number of fused-ring (bicyclic) bond motifs is 1. The van der Waals surface area contributed by atoms with Gasteiger partial charge < -0.3 is 4.90 Å². The number of benzene rings is 1. The Bertz CT molecular complexity index is 734. The standard InChI is InChI=1S/C22H29N2O/c1-5-18(6-2)19-11-13-23(14-12-19)17(4)22(25)24-16(3)15-20-9-7-8-10-21(20)24/h7-14,16-18H,5-6,15H2,1-4H3/q+1/t16-,17-/m0/s1. The molecule has 0 fully saturated rings. The summed E-state index contributed by atoms with van der Waals surface area (Å²) in [6, 6.07) is 12.6. The van der Waals surface area contributed by atoms with Gasteiger partial charge in [-0.3, -0.25) is 4.79 Å². The molecule has 0 bridgehead atoms. The molecule has 3 heteroatoms. The molecule has 1 amide bonds. The molecular weight excluding hydrogens is 308 g/mol. The first-order chi connectivity index (χ1) is 12.1. The Balaban J connectivity index is 1.81. The second-order valence-corrected chi connectivity index (χ2v) is 7.16. The van der Waals surface area contributed by atoms with Gasteiger partial charge >= 0.3 is 0 Å². The number of hydrogen-bond acceptors (Lipinski definition) is 1. The smallest absolute Gasteiger partial charge is 0.296 e. The molecule has 1 aliphatic heterocycles. The molecule has 1 aromatic heterocycles. The van der Waals surface area contributed by atoms with Crippen LogP contribution in [0, 0.1) is 0 Å². The van der Waals surface area contributed by atoms with Crippen LogP contribution < -0.4 is 9.47 Å². The number of carbonyl (C=O) groups excluding carboxylic acids is 1. The van der Waals surface area contributed by atoms with Gasteiger partial charge in [-0.25, -0.2) is 0 Å². The van der Waals surface area contributed by atoms with E-state index in [1.807, 2.05) is 28.5 Å². The normalized spacial score (nSPS) is 17.6. The number of amides is 1. The first-order valence-electron chi connectivity index (χ1n) is 9.48. The van der Waals surface area contributed by atoms with E-state index in [0.29, 0.717) is 5.92 Å². The molecule has 1 aliphatic rings. The van der Waals surface area contributed by atoms with Crippen LogP contribution in [0.5, 0.6) is 0 Å². The van der Waals surface area contributed by atoms with Crippen LogP contribution in [-0.4, -0.2) is 11.9 Å². The van der Waals surface area contributed by atoms with Crippen molar-refractivity contribution < 1.29 is 9.36 Å². The number of para-hydroxylation sites is 1. The van der Waals surface area contributed by atoms with Crippen LogP contribution in [0.1, 0.15) is 63.6 Å². The summed E-state index contributed by atoms with van der Waals surface area (Å²) in [6.45, 7) is 8.58. The van der Waals surface area contributed by atoms with Gasteiger partial charge in [-0.2, -0.15) is 4.57 Å². The lowest BCUT2D eigenvalue weighted by Gasteiger charge is -2.24. The third kappa shape index (κ3) is 3.33. The summed E-state index contributed by atoms with van der Waals surface area (Å²) in [5.74, 6) is 0.767. The zero-order valence-electron chi connectivity index (χ0n) is 15.8. The molecule has 0 spiro atoms. The number of anilines is 1. The minimum atomic E-state index is -0.204. The van der Waals surface area contributed by atoms with E-state index in [2.05, 4.69) is 57.4 Å². The summed E-state index contributed by atoms with van der Waals surface area (Å²) in [5, 5.41) is 0. The SMILES string of the molecule is CCC(CC)c1cc[n+]([C@@H](C)C(=O)N2c3ccccc3C[C@@H]2C)cc1. The third-order valence-corrected chi connectivity index (χ3v) is 5.58. The molecule has 0 aliphatic carbocycles. The fourth-order valence-electron chi connectivity index (χ4n) is 3.97. The average Bonchev–Trinajstić information content (AvgIpc) is 2.98. The lowest BCUT2D eigenvalue weighted by atomic mass is 9.95. The molecule has 2 heterocycles. The van der Waals surface area contributed by atoms with Crippen LogP contribution in [-0.2, 0) is 11.2 Å². The van der Waals surface area contributed by atoms with Gasteiger partial charge in [-0.05, 0) is 49.3 Å². The van der Waals surface area contributed by atoms with Gasteiger partial charge in [0.25, 0.3) is 5.91 Å². The fourth-order valence-corrected chi connectivity index (χ4v) is 3.97. The van der Waals surface area contributed by atoms with Crippen molar-refractivity contribution in [2.45, 2.75) is 65.0 Å². The Morgan fingerprint density at radius 1 is 1.16 bits per heavy atom. The van der Waals surface area contributed by atoms with Gasteiger partial charge in [0.15, 0.2) is 12.4 Å². The Hall–Kier alpha value is -2.16. The average molecular weight is 337 g/mol. The van der Waals surface area contributed by atoms with E-state index in [1.54, 1.807) is 0 Å². The molecule has 132 valence electrons. The minimum absolute atomic E-state index is 0.165. The molecule has 1 aromatic carbocycles. The van der Waals surface area contributed by atoms with Crippen molar-refractivity contribution in [3.8, 4) is 0 Å². The van der Waals surface area contributed by atoms with Crippen molar-refractivity contribution in [1.82, 2.24) is 0 Å². The van der Waals surface area contributed by atoms with Gasteiger partial charge in [0.1, 0.15) is 0 Å². The lowest BCUT2D eigenvalue weighted by molar-refractivity contribution is -0.705. The van der Waals surface area contributed by atoms with Crippen molar-refractivity contribution in [2.24, 2.45) is 0 Å². The highest BCUT2D eigenvalue weighted by molar-refractivity contribution is 5.97. The van der Waals surface area contributed by atoms with Crippen LogP contribution in [0.3, 0.4) is 0 Å². The highest BCUT2D eigenvalue weighted by Gasteiger charge is 2.36. The zero-order chi connectivity index (χ0) is 18.0. The van der Waals surface area contributed by atoms with Crippen molar-refractivity contribution in [3.63, 3.8) is 0 Å². The van der Waals surface area contributed by atoms with Crippen LogP contribution in [0.4, 0.5) is 5.69 Å². The zero-order valence-corrected chi connectivity index (χ0v) is 15.8. The highest BCUT2D eigenvalue weighted by Crippen LogP contribution is 2.33. The molecule has 2 aromatic rings. The number of rotatable bonds is 5. The molecular formula is C22H29N2O+. The number of carbonyl (C=O) groups is 1. The highest BCUT2D eigenvalue weighted by atomic mass is 16.2. The quantitative estimate of drug-likeness (QED) is 0.741. The molecule has 0 N–H and O–H groups in total. The molecule has 2 atom stereocenters. The third-order valence-electron chi connectivity index (χ3n) is 5.58. The monoisotopic (exact) mass is 337 g/mol. The van der Waals surface area contributed by atoms with Crippen molar-refractivity contribution in [3.05, 3.63) is 59.9 Å². The van der Waals surface area contributed by atoms with E-state index in [-0.39, 0.29) is 18.0 Å². The van der Waals surface area contributed by atoms with Crippen molar-refractivity contribution in [1.29, 1.82) is 0 Å². The summed E-state index contributed by atoms with van der Waals surface area (Å²) in [4.78, 5) is 15.1. The summed E-state index contributed by atoms with van der Waals surface area (Å²) in [6.07, 6.45) is 7.35. The van der Waals surface area contributed by atoms with Gasteiger partial charge in [0.2, 0.25) is 6.04 Å². The largest absolute Gasteiger partial charge is 0.303 e. The van der Waals surface area contributed by atoms with E-state index in [1.165, 1.54) is 11.1 Å². The van der Waals surface area contributed by atoms with E-state index in [9.17, 15) is 4.79 Å². The molecule has 0 unspecified atom stereocenters. The number of hydrogen-bond donors (Lipinski definition) is 0. The topological polar surface area (TPSA) is 24.2 Å². The minimum Gasteiger partial charge on any atom is -0.303 e. The Labute approximate surface area is 151 Å². The molecule has 0 saturated carbocycles. The first-order valence-corrected chi connectivity index (χ1v) is 9.48. The van der Waals surface area contributed by atoms with Crippen LogP contribution in [0.2, 0.25) is 0 Å². The van der Waals surface area contributed by atoms with E-state index in [0.717, 1.165) is 24.9 Å². The Morgan fingerprint density at radius 3 is 2.44 bits per heavy atom. The molecule has 3 nitrogen and oxygen atoms in total. The van der Waals surface area contributed by atoms with Crippen molar-refractivity contribution >= 4 is 11.6 Å². The molecule has 3 rings (SSSR count). The first kappa shape index (κ1) is 17.7. The summed E-state index contributed by atoms with van der Waals surface area (Å²) >= 11 is 0. The van der Waals surface area contributed by atoms with Crippen LogP contribution in [0.15, 0.2) is 48.8 Å². The molecule has 0 radical (unpaired) electrons. The predicted octanol–water partition coefficient (Wildman–Crippen LogP) is 4.42. The summed E-state index contributed by atoms with van der Waals surface area (Å²) in [5.41, 5.74) is 3.70. The second-order valence-electron chi connectivity index (χ2n) is 7.16. The van der Waals surface area contributed by atoms with Gasteiger partial charge in [-0.15, -0.1) is 0 Å². The summed E-state index contributed by atoms with van der Waals surface area (Å²) < 4.78 is 2.03. The maximum atomic E-state index is 13.2. The van der Waals surface area contributed by atoms with E-state index < -0.39 is 0 Å². The second kappa shape index (κ2) is 7.38. The number of nitrogens with zero attached hydrogens (tertiary/aromatic N) is 2. The van der Waals surface area contributed by atoms with Gasteiger partial charge in [0, 0.05) is 30.8 Å². The van der Waals surface area contributed by atoms with Crippen LogP contribution >= 0.6 is 0 Å². The molecule has 0 saturated heterocycles. The van der Waals surface area contributed by atoms with Crippen LogP contribution in [0.25, 0.3) is 0 Å². The maximum absolute atomic E-state index is 13.2. The van der Waals surface area contributed by atoms with Gasteiger partial charge in [-0.1, -0.05) is 32.0 Å². The summed E-state index contributed by atoms with van der Waals surface area (Å²) in [7, 11) is 0. The lowest BCUT2D eigenvalue weighted by Crippen LogP contribution is -2.49. The Kier molecular flexibility index (Phi) is 5.22. The Morgan fingerprint density at radius 2 is 1.80 bits per heavy atom. The van der Waals surface area contributed by atoms with Crippen molar-refractivity contribution in [2.75, 3.05) is 4.90 Å². The number of aromatic nitrogens is 1. The maximum Gasteiger partial charge on any atom is 0.296 e. The van der Waals surface area contributed by atoms with E-state index in [4.69, 9.17) is 0 Å². The van der Waals surface area contributed by atoms with Gasteiger partial charge in [0.05, 0.1) is 0 Å². The fraction of sp³-hybridized carbons (Fsp3) is 0.455. The molecule has 25 heavy (non-hydrogen) atoms. The number of pyridine rings is 1.